The second kappa shape index (κ2) is 8.89. The lowest BCUT2D eigenvalue weighted by Crippen LogP contribution is -2.23. The summed E-state index contributed by atoms with van der Waals surface area (Å²) in [6.45, 7) is 2.05. The molecule has 0 aliphatic heterocycles. The minimum Gasteiger partial charge on any atom is -0.379 e. The third kappa shape index (κ3) is 16.4. The Kier molecular flexibility index (Phi) is 10.6. The van der Waals surface area contributed by atoms with Gasteiger partial charge in [0.05, 0.1) is 0 Å². The van der Waals surface area contributed by atoms with E-state index in [1.165, 1.54) is 0 Å². The molecule has 0 amide bonds. The number of aliphatic hydroxyl groups excluding tert-OH is 2. The zero-order chi connectivity index (χ0) is 10.1. The summed E-state index contributed by atoms with van der Waals surface area (Å²) in [4.78, 5) is 1.72. The Morgan fingerprint density at radius 2 is 1.58 bits per heavy atom. The fourth-order valence-electron chi connectivity index (χ4n) is 0.149. The lowest BCUT2D eigenvalue weighted by Gasteiger charge is -2.11. The molecule has 0 saturated carbocycles. The van der Waals surface area contributed by atoms with E-state index < -0.39 is 6.29 Å². The third-order valence-corrected chi connectivity index (χ3v) is 1.17. The number of hydrogen-bond acceptors (Lipinski definition) is 5. The minimum absolute atomic E-state index is 0.264. The lowest BCUT2D eigenvalue weighted by molar-refractivity contribution is -0.0430. The predicted octanol–water partition coefficient (Wildman–Crippen LogP) is -1.47. The van der Waals surface area contributed by atoms with E-state index in [0.717, 1.165) is 0 Å². The van der Waals surface area contributed by atoms with Gasteiger partial charge in [0.15, 0.2) is 6.29 Å². The average Bonchev–Trinajstić information content (AvgIpc) is 1.87. The van der Waals surface area contributed by atoms with E-state index in [1.807, 2.05) is 14.1 Å². The first-order valence-electron chi connectivity index (χ1n) is 3.82. The first-order chi connectivity index (χ1) is 5.41. The number of nitrogens with zero attached hydrogens (tertiary/aromatic N) is 1. The quantitative estimate of drug-likeness (QED) is 0.398. The Bertz CT molecular complexity index is 80.7. The molecule has 0 aliphatic carbocycles. The van der Waals surface area contributed by atoms with Gasteiger partial charge in [-0.15, -0.1) is 0 Å². The molecule has 5 N–H and O–H groups in total. The second-order valence-corrected chi connectivity index (χ2v) is 2.65. The Labute approximate surface area is 73.4 Å². The number of hydrogen-bond donors (Lipinski definition) is 4. The predicted molar refractivity (Wildman–Crippen MR) is 47.3 cm³/mol. The fraction of sp³-hybridized carbons (Fsp3) is 1.00. The first-order valence-corrected chi connectivity index (χ1v) is 3.82. The minimum atomic E-state index is -1.23. The van der Waals surface area contributed by atoms with Crippen LogP contribution in [0.25, 0.3) is 0 Å². The van der Waals surface area contributed by atoms with E-state index in [0.29, 0.717) is 6.54 Å². The molecule has 0 heterocycles. The topological polar surface area (TPSA) is 90.0 Å². The number of nitrogens with two attached hydrogens (primary N) is 1. The van der Waals surface area contributed by atoms with Crippen molar-refractivity contribution in [2.75, 3.05) is 20.6 Å². The molecule has 0 aromatic carbocycles. The summed E-state index contributed by atoms with van der Waals surface area (Å²) < 4.78 is 0. The highest BCUT2D eigenvalue weighted by atomic mass is 16.5. The van der Waals surface area contributed by atoms with Gasteiger partial charge >= 0.3 is 0 Å². The summed E-state index contributed by atoms with van der Waals surface area (Å²) >= 11 is 0. The van der Waals surface area contributed by atoms with Crippen molar-refractivity contribution in [3.8, 4) is 0 Å². The van der Waals surface area contributed by atoms with Crippen molar-refractivity contribution in [1.29, 1.82) is 0 Å². The van der Waals surface area contributed by atoms with E-state index in [9.17, 15) is 0 Å². The lowest BCUT2D eigenvalue weighted by atomic mass is 10.4. The molecule has 0 spiro atoms. The molecule has 5 heteroatoms. The van der Waals surface area contributed by atoms with Crippen molar-refractivity contribution >= 4 is 0 Å². The summed E-state index contributed by atoms with van der Waals surface area (Å²) in [5.74, 6) is 0. The highest BCUT2D eigenvalue weighted by Gasteiger charge is 1.92. The van der Waals surface area contributed by atoms with Crippen molar-refractivity contribution < 1.29 is 15.3 Å². The van der Waals surface area contributed by atoms with Gasteiger partial charge in [0.2, 0.25) is 0 Å². The molecule has 0 bridgehead atoms. The molecular formula is C7H20N2O3. The molecule has 0 aromatic heterocycles. The second-order valence-electron chi connectivity index (χ2n) is 2.65. The van der Waals surface area contributed by atoms with Crippen LogP contribution in [0.1, 0.15) is 13.3 Å². The molecule has 0 aromatic rings. The van der Waals surface area contributed by atoms with E-state index >= 15 is 0 Å². The maximum Gasteiger partial charge on any atom is 0.152 e. The molecule has 0 rings (SSSR count). The normalized spacial score (nSPS) is 12.8. The van der Waals surface area contributed by atoms with Crippen LogP contribution in [-0.2, 0) is 0 Å². The van der Waals surface area contributed by atoms with E-state index in [-0.39, 0.29) is 12.6 Å². The average molecular weight is 180 g/mol. The van der Waals surface area contributed by atoms with Crippen LogP contribution in [0, 0.1) is 0 Å². The largest absolute Gasteiger partial charge is 0.379 e. The van der Waals surface area contributed by atoms with Gasteiger partial charge in [0.25, 0.3) is 0 Å². The van der Waals surface area contributed by atoms with Crippen LogP contribution < -0.4 is 5.73 Å². The van der Waals surface area contributed by atoms with Gasteiger partial charge in [-0.3, -0.25) is 4.90 Å². The molecular weight excluding hydrogens is 160 g/mol. The van der Waals surface area contributed by atoms with Gasteiger partial charge in [-0.1, -0.05) is 0 Å². The smallest absolute Gasteiger partial charge is 0.152 e. The van der Waals surface area contributed by atoms with Crippen LogP contribution >= 0.6 is 0 Å². The van der Waals surface area contributed by atoms with Gasteiger partial charge in [-0.2, -0.15) is 0 Å². The third-order valence-electron chi connectivity index (χ3n) is 1.17. The summed E-state index contributed by atoms with van der Waals surface area (Å²) in [6, 6.07) is 0. The van der Waals surface area contributed by atoms with Crippen LogP contribution in [0.2, 0.25) is 0 Å². The van der Waals surface area contributed by atoms with Gasteiger partial charge in [0.1, 0.15) is 6.23 Å². The maximum atomic E-state index is 8.56. The molecule has 1 unspecified atom stereocenters. The highest BCUT2D eigenvalue weighted by molar-refractivity contribution is 4.36. The van der Waals surface area contributed by atoms with Crippen molar-refractivity contribution in [3.63, 3.8) is 0 Å². The van der Waals surface area contributed by atoms with E-state index in [1.54, 1.807) is 11.8 Å². The van der Waals surface area contributed by atoms with Crippen LogP contribution in [-0.4, -0.2) is 53.4 Å². The van der Waals surface area contributed by atoms with Crippen LogP contribution in [0.3, 0.4) is 0 Å². The zero-order valence-electron chi connectivity index (χ0n) is 7.94. The monoisotopic (exact) mass is 180 g/mol. The Morgan fingerprint density at radius 3 is 1.58 bits per heavy atom. The molecule has 0 aliphatic rings. The molecule has 12 heavy (non-hydrogen) atoms. The standard InChI is InChI=1S/C4H11NO.C3H9NO2/c1-4(6)5(2)3;4-2-1-3(5)6/h4,6H,1-3H3;3,5-6H,1-2,4H2. The van der Waals surface area contributed by atoms with E-state index in [2.05, 4.69) is 0 Å². The molecule has 76 valence electrons. The van der Waals surface area contributed by atoms with Gasteiger partial charge in [0, 0.05) is 6.42 Å². The highest BCUT2D eigenvalue weighted by Crippen LogP contribution is 1.79. The van der Waals surface area contributed by atoms with Crippen LogP contribution in [0.5, 0.6) is 0 Å². The molecule has 0 saturated heterocycles. The fourth-order valence-corrected chi connectivity index (χ4v) is 0.149. The SMILES string of the molecule is CC(O)N(C)C.NCCC(O)O. The van der Waals surface area contributed by atoms with Crippen LogP contribution in [0.4, 0.5) is 0 Å². The summed E-state index contributed by atoms with van der Waals surface area (Å²) in [7, 11) is 3.65. The molecule has 5 nitrogen and oxygen atoms in total. The number of aliphatic hydroxyl groups is 3. The summed E-state index contributed by atoms with van der Waals surface area (Å²) in [6.07, 6.45) is -1.28. The first kappa shape index (κ1) is 14.3. The van der Waals surface area contributed by atoms with Crippen molar-refractivity contribution in [2.24, 2.45) is 5.73 Å². The van der Waals surface area contributed by atoms with Gasteiger partial charge in [-0.05, 0) is 27.6 Å². The van der Waals surface area contributed by atoms with Crippen LogP contribution in [0.15, 0.2) is 0 Å². The van der Waals surface area contributed by atoms with Gasteiger partial charge < -0.3 is 21.1 Å². The zero-order valence-corrected chi connectivity index (χ0v) is 7.94. The van der Waals surface area contributed by atoms with Crippen molar-refractivity contribution in [2.45, 2.75) is 25.9 Å². The molecule has 0 fully saturated rings. The Balaban J connectivity index is 0. The summed E-state index contributed by atoms with van der Waals surface area (Å²) in [5.41, 5.74) is 4.91. The maximum absolute atomic E-state index is 8.56. The van der Waals surface area contributed by atoms with Crippen molar-refractivity contribution in [1.82, 2.24) is 4.90 Å². The Morgan fingerprint density at radius 1 is 1.25 bits per heavy atom. The Hall–Kier alpha value is -0.200. The molecule has 1 atom stereocenters. The molecule has 0 radical (unpaired) electrons. The number of rotatable bonds is 3. The summed E-state index contributed by atoms with van der Waals surface area (Å²) in [5, 5.41) is 24.6. The van der Waals surface area contributed by atoms with Gasteiger partial charge in [-0.25, -0.2) is 0 Å². The van der Waals surface area contributed by atoms with E-state index in [4.69, 9.17) is 21.1 Å². The van der Waals surface area contributed by atoms with Crippen molar-refractivity contribution in [3.05, 3.63) is 0 Å².